The lowest BCUT2D eigenvalue weighted by molar-refractivity contribution is 0.0996. The van der Waals surface area contributed by atoms with Gasteiger partial charge in [0.05, 0.1) is 6.26 Å². The van der Waals surface area contributed by atoms with Gasteiger partial charge in [-0.2, -0.15) is 19.4 Å². The van der Waals surface area contributed by atoms with Crippen molar-refractivity contribution in [3.8, 4) is 0 Å². The molecule has 3 aromatic heterocycles. The van der Waals surface area contributed by atoms with E-state index in [0.717, 1.165) is 23.4 Å². The van der Waals surface area contributed by atoms with Crippen LogP contribution >= 0.6 is 0 Å². The molecule has 0 spiro atoms. The quantitative estimate of drug-likeness (QED) is 0.490. The Bertz CT molecular complexity index is 1190. The lowest BCUT2D eigenvalue weighted by Gasteiger charge is -1.97. The number of aliphatic hydroxyl groups is 1. The fourth-order valence-electron chi connectivity index (χ4n) is 2.29. The van der Waals surface area contributed by atoms with Crippen molar-refractivity contribution in [3.63, 3.8) is 0 Å². The van der Waals surface area contributed by atoms with Crippen molar-refractivity contribution in [3.05, 3.63) is 53.9 Å². The van der Waals surface area contributed by atoms with E-state index >= 15 is 0 Å². The van der Waals surface area contributed by atoms with Crippen molar-refractivity contribution in [1.82, 2.24) is 28.7 Å². The molecule has 3 aromatic rings. The molecule has 0 bridgehead atoms. The average molecular weight is 511 g/mol. The smallest absolute Gasteiger partial charge is 0.250 e. The van der Waals surface area contributed by atoms with Crippen LogP contribution in [-0.2, 0) is 23.1 Å². The van der Waals surface area contributed by atoms with Gasteiger partial charge in [-0.3, -0.25) is 23.7 Å². The third kappa shape index (κ3) is 11.5. The molecule has 0 aliphatic carbocycles. The molecule has 0 saturated heterocycles. The maximum atomic E-state index is 10.9. The summed E-state index contributed by atoms with van der Waals surface area (Å²) in [4.78, 5) is 32.2. The first kappa shape index (κ1) is 31.6. The number of carbonyl (C=O) groups excluding carboxylic acids is 3. The Labute approximate surface area is 205 Å². The Morgan fingerprint density at radius 2 is 1.37 bits per heavy atom. The largest absolute Gasteiger partial charge is 0.397 e. The van der Waals surface area contributed by atoms with Crippen LogP contribution in [-0.4, -0.2) is 72.5 Å². The van der Waals surface area contributed by atoms with Crippen molar-refractivity contribution < 1.29 is 27.9 Å². The maximum Gasteiger partial charge on any atom is 0.250 e. The van der Waals surface area contributed by atoms with Gasteiger partial charge in [0.15, 0.2) is 17.3 Å². The molecular formula is C22H34N6O6S. The first-order valence-corrected chi connectivity index (χ1v) is 12.6. The van der Waals surface area contributed by atoms with Crippen LogP contribution in [0.15, 0.2) is 36.8 Å². The molecule has 1 N–H and O–H groups in total. The SMILES string of the molecule is CC(=O)c1ccn(S(C)(=O)=O)n1.CCO.CCn1ccc(C(C)=O)n1.CCn1nccc1C(C)=O. The molecule has 0 aliphatic rings. The van der Waals surface area contributed by atoms with Gasteiger partial charge in [0.1, 0.15) is 17.1 Å². The number of hydrogen-bond donors (Lipinski definition) is 1. The number of carbonyl (C=O) groups is 3. The highest BCUT2D eigenvalue weighted by Gasteiger charge is 2.09. The monoisotopic (exact) mass is 510 g/mol. The van der Waals surface area contributed by atoms with Gasteiger partial charge in [0, 0.05) is 59.1 Å². The normalized spacial score (nSPS) is 10.1. The fourth-order valence-corrected chi connectivity index (χ4v) is 2.81. The van der Waals surface area contributed by atoms with Gasteiger partial charge in [0.25, 0.3) is 10.0 Å². The summed E-state index contributed by atoms with van der Waals surface area (Å²) >= 11 is 0. The van der Waals surface area contributed by atoms with Gasteiger partial charge >= 0.3 is 0 Å². The third-order valence-electron chi connectivity index (χ3n) is 3.97. The lowest BCUT2D eigenvalue weighted by atomic mass is 10.3. The van der Waals surface area contributed by atoms with Gasteiger partial charge in [-0.25, -0.2) is 8.42 Å². The van der Waals surface area contributed by atoms with Crippen LogP contribution in [0.2, 0.25) is 0 Å². The second kappa shape index (κ2) is 15.5. The molecule has 0 saturated carbocycles. The summed E-state index contributed by atoms with van der Waals surface area (Å²) in [5, 5.41) is 19.1. The topological polar surface area (TPSA) is 159 Å². The van der Waals surface area contributed by atoms with Gasteiger partial charge < -0.3 is 5.11 Å². The first-order valence-electron chi connectivity index (χ1n) is 10.8. The summed E-state index contributed by atoms with van der Waals surface area (Å²) in [7, 11) is -3.36. The zero-order valence-electron chi connectivity index (χ0n) is 21.2. The molecule has 0 radical (unpaired) electrons. The minimum Gasteiger partial charge on any atom is -0.397 e. The number of aliphatic hydroxyl groups excluding tert-OH is 1. The molecule has 12 nitrogen and oxygen atoms in total. The lowest BCUT2D eigenvalue weighted by Crippen LogP contribution is -2.11. The number of aryl methyl sites for hydroxylation is 2. The van der Waals surface area contributed by atoms with Crippen LogP contribution in [0.1, 0.15) is 73.0 Å². The number of aromatic nitrogens is 6. The van der Waals surface area contributed by atoms with E-state index in [9.17, 15) is 22.8 Å². The summed E-state index contributed by atoms with van der Waals surface area (Å²) in [6.07, 6.45) is 5.70. The predicted molar refractivity (Wildman–Crippen MR) is 131 cm³/mol. The summed E-state index contributed by atoms with van der Waals surface area (Å²) in [5.41, 5.74) is 1.38. The zero-order chi connectivity index (χ0) is 27.2. The van der Waals surface area contributed by atoms with E-state index in [2.05, 4.69) is 15.3 Å². The summed E-state index contributed by atoms with van der Waals surface area (Å²) in [5.74, 6) is -0.163. The highest BCUT2D eigenvalue weighted by Crippen LogP contribution is 1.99. The zero-order valence-corrected chi connectivity index (χ0v) is 22.0. The Balaban J connectivity index is 0.000000471. The molecule has 35 heavy (non-hydrogen) atoms. The van der Waals surface area contributed by atoms with Crippen LogP contribution in [0.25, 0.3) is 0 Å². The Kier molecular flexibility index (Phi) is 13.9. The van der Waals surface area contributed by atoms with Crippen LogP contribution in [0.5, 0.6) is 0 Å². The fraction of sp³-hybridized carbons (Fsp3) is 0.455. The van der Waals surface area contributed by atoms with E-state index in [4.69, 9.17) is 5.11 Å². The van der Waals surface area contributed by atoms with E-state index in [1.165, 1.54) is 26.1 Å². The number of hydrogen-bond acceptors (Lipinski definition) is 9. The summed E-state index contributed by atoms with van der Waals surface area (Å²) in [6, 6.07) is 4.82. The van der Waals surface area contributed by atoms with Crippen molar-refractivity contribution in [2.45, 2.75) is 54.6 Å². The summed E-state index contributed by atoms with van der Waals surface area (Å²) in [6.45, 7) is 11.8. The maximum absolute atomic E-state index is 10.9. The van der Waals surface area contributed by atoms with Crippen molar-refractivity contribution in [2.24, 2.45) is 0 Å². The average Bonchev–Trinajstić information content (AvgIpc) is 3.55. The minimum absolute atomic E-state index is 0.0206. The second-order valence-electron chi connectivity index (χ2n) is 6.91. The predicted octanol–water partition coefficient (Wildman–Crippen LogP) is 2.10. The highest BCUT2D eigenvalue weighted by atomic mass is 32.2. The van der Waals surface area contributed by atoms with Crippen LogP contribution < -0.4 is 0 Å². The third-order valence-corrected chi connectivity index (χ3v) is 4.85. The molecule has 0 fully saturated rings. The van der Waals surface area contributed by atoms with E-state index in [-0.39, 0.29) is 29.7 Å². The van der Waals surface area contributed by atoms with Gasteiger partial charge in [-0.1, -0.05) is 0 Å². The van der Waals surface area contributed by atoms with Crippen molar-refractivity contribution in [1.29, 1.82) is 0 Å². The molecule has 3 rings (SSSR count). The van der Waals surface area contributed by atoms with Crippen molar-refractivity contribution >= 4 is 27.4 Å². The molecular weight excluding hydrogens is 476 g/mol. The highest BCUT2D eigenvalue weighted by molar-refractivity contribution is 7.89. The van der Waals surface area contributed by atoms with E-state index in [0.29, 0.717) is 11.4 Å². The molecule has 0 amide bonds. The molecule has 0 aromatic carbocycles. The number of ketones is 3. The molecule has 0 aliphatic heterocycles. The second-order valence-corrected chi connectivity index (χ2v) is 8.75. The number of Topliss-reactive ketones (excluding diaryl/α,β-unsaturated/α-hetero) is 3. The Morgan fingerprint density at radius 3 is 1.66 bits per heavy atom. The van der Waals surface area contributed by atoms with Gasteiger partial charge in [-0.15, -0.1) is 0 Å². The van der Waals surface area contributed by atoms with E-state index in [1.807, 2.05) is 13.8 Å². The van der Waals surface area contributed by atoms with Crippen LogP contribution in [0, 0.1) is 0 Å². The Morgan fingerprint density at radius 1 is 0.857 bits per heavy atom. The number of rotatable bonds is 6. The standard InChI is InChI=1S/2C7H10N2O.C6H8N2O3S.C2H6O/c1-3-9-5-4-7(8-9)6(2)10;1-3-9-7(6(2)10)4-5-8-9;1-5(9)6-3-4-8(7-6)12(2,10)11;1-2-3/h2*4-5H,3H2,1-2H3;3-4H,1-2H3;3H,2H2,1H3. The van der Waals surface area contributed by atoms with Crippen molar-refractivity contribution in [2.75, 3.05) is 12.9 Å². The molecule has 3 heterocycles. The molecule has 194 valence electrons. The van der Waals surface area contributed by atoms with Gasteiger partial charge in [0.2, 0.25) is 0 Å². The molecule has 13 heteroatoms. The molecule has 0 unspecified atom stereocenters. The first-order chi connectivity index (χ1) is 16.3. The van der Waals surface area contributed by atoms with E-state index < -0.39 is 10.0 Å². The Hall–Kier alpha value is -3.45. The van der Waals surface area contributed by atoms with Gasteiger partial charge in [-0.05, 0) is 39.0 Å². The van der Waals surface area contributed by atoms with E-state index in [1.54, 1.807) is 47.7 Å². The molecule has 0 atom stereocenters. The minimum atomic E-state index is -3.36. The van der Waals surface area contributed by atoms with Crippen LogP contribution in [0.4, 0.5) is 0 Å². The summed E-state index contributed by atoms with van der Waals surface area (Å²) < 4.78 is 25.9. The van der Waals surface area contributed by atoms with Crippen LogP contribution in [0.3, 0.4) is 0 Å². The number of nitrogens with zero attached hydrogens (tertiary/aromatic N) is 6.